The number of carbonyl (C=O) groups is 1. The van der Waals surface area contributed by atoms with E-state index in [1.54, 1.807) is 43.3 Å². The number of nitrogens with zero attached hydrogens (tertiary/aromatic N) is 1. The van der Waals surface area contributed by atoms with Gasteiger partial charge in [-0.1, -0.05) is 49.2 Å². The predicted molar refractivity (Wildman–Crippen MR) is 124 cm³/mol. The molecule has 0 aliphatic carbocycles. The quantitative estimate of drug-likeness (QED) is 0.634. The second kappa shape index (κ2) is 12.3. The summed E-state index contributed by atoms with van der Waals surface area (Å²) in [5.74, 6) is -0.488. The Kier molecular flexibility index (Phi) is 10.7. The zero-order valence-corrected chi connectivity index (χ0v) is 20.8. The molecule has 0 spiro atoms. The van der Waals surface area contributed by atoms with E-state index in [1.165, 1.54) is 23.4 Å². The number of hydrogen-bond donors (Lipinski definition) is 1. The Morgan fingerprint density at radius 1 is 0.941 bits per heavy atom. The van der Waals surface area contributed by atoms with Gasteiger partial charge in [0.05, 0.1) is 4.90 Å². The molecule has 0 unspecified atom stereocenters. The molecular weight excluding hydrogens is 471 g/mol. The van der Waals surface area contributed by atoms with Crippen molar-refractivity contribution in [3.63, 3.8) is 0 Å². The summed E-state index contributed by atoms with van der Waals surface area (Å²) in [5, 5.41) is 10.1. The van der Waals surface area contributed by atoms with Gasteiger partial charge in [0.15, 0.2) is 5.78 Å². The average molecular weight is 504 g/mol. The number of aliphatic hydroxyl groups is 1. The smallest absolute Gasteiger partial charge is 0.406 e. The molecule has 0 bridgehead atoms. The number of halogens is 3. The standard InChI is InChI=1S/C14H19NO4S.C8H7F3O.C2H6/c1-11-3-5-13(6-4-11)20(18,19)15-9-7-14(17,8-10-15)12(2)16;1-6-2-4-7(5-3-6)12-8(9,10)11;1-2/h3-6,17H,7-10H2,1-2H3;2-5H,1H3;1-2H3. The zero-order valence-electron chi connectivity index (χ0n) is 20.0. The molecule has 0 atom stereocenters. The number of ether oxygens (including phenoxy) is 1. The van der Waals surface area contributed by atoms with Gasteiger partial charge in [0.25, 0.3) is 0 Å². The Balaban J connectivity index is 0.000000353. The minimum Gasteiger partial charge on any atom is -0.406 e. The lowest BCUT2D eigenvalue weighted by atomic mass is 9.89. The maximum Gasteiger partial charge on any atom is 0.573 e. The first-order chi connectivity index (χ1) is 15.7. The van der Waals surface area contributed by atoms with Gasteiger partial charge in [0.2, 0.25) is 10.0 Å². The van der Waals surface area contributed by atoms with Crippen LogP contribution >= 0.6 is 0 Å². The summed E-state index contributed by atoms with van der Waals surface area (Å²) in [5.41, 5.74) is 0.511. The van der Waals surface area contributed by atoms with E-state index >= 15 is 0 Å². The third-order valence-electron chi connectivity index (χ3n) is 5.12. The normalized spacial score (nSPS) is 15.8. The summed E-state index contributed by atoms with van der Waals surface area (Å²) in [6.45, 7) is 9.34. The highest BCUT2D eigenvalue weighted by molar-refractivity contribution is 7.89. The van der Waals surface area contributed by atoms with Crippen LogP contribution < -0.4 is 4.74 Å². The van der Waals surface area contributed by atoms with Crippen LogP contribution in [0.4, 0.5) is 13.2 Å². The summed E-state index contributed by atoms with van der Waals surface area (Å²) < 4.78 is 64.7. The Bertz CT molecular complexity index is 1010. The molecule has 190 valence electrons. The first kappa shape index (κ1) is 29.6. The van der Waals surface area contributed by atoms with Crippen molar-refractivity contribution in [3.8, 4) is 5.75 Å². The Morgan fingerprint density at radius 2 is 1.35 bits per heavy atom. The Hall–Kier alpha value is -2.43. The molecule has 3 rings (SSSR count). The second-order valence-electron chi connectivity index (χ2n) is 7.67. The maximum atomic E-state index is 12.4. The molecule has 0 aromatic heterocycles. The highest BCUT2D eigenvalue weighted by Gasteiger charge is 2.40. The number of rotatable bonds is 4. The lowest BCUT2D eigenvalue weighted by molar-refractivity contribution is -0.274. The van der Waals surface area contributed by atoms with E-state index in [4.69, 9.17) is 0 Å². The number of benzene rings is 2. The number of carbonyl (C=O) groups excluding carboxylic acids is 1. The number of alkyl halides is 3. The number of ketones is 1. The van der Waals surface area contributed by atoms with Gasteiger partial charge in [-0.05, 0) is 57.9 Å². The summed E-state index contributed by atoms with van der Waals surface area (Å²) in [7, 11) is -3.54. The zero-order chi connectivity index (χ0) is 26.2. The van der Waals surface area contributed by atoms with Gasteiger partial charge < -0.3 is 9.84 Å². The van der Waals surface area contributed by atoms with E-state index in [1.807, 2.05) is 20.8 Å². The minimum absolute atomic E-state index is 0.146. The van der Waals surface area contributed by atoms with Crippen LogP contribution in [0, 0.1) is 13.8 Å². The predicted octanol–water partition coefficient (Wildman–Crippen LogP) is 5.02. The van der Waals surface area contributed by atoms with Crippen molar-refractivity contribution >= 4 is 15.8 Å². The third-order valence-corrected chi connectivity index (χ3v) is 7.03. The third kappa shape index (κ3) is 8.73. The van der Waals surface area contributed by atoms with Crippen molar-refractivity contribution < 1.29 is 36.2 Å². The largest absolute Gasteiger partial charge is 0.573 e. The minimum atomic E-state index is -4.60. The average Bonchev–Trinajstić information content (AvgIpc) is 2.77. The van der Waals surface area contributed by atoms with Gasteiger partial charge in [-0.25, -0.2) is 8.42 Å². The van der Waals surface area contributed by atoms with Crippen LogP contribution in [0.3, 0.4) is 0 Å². The van der Waals surface area contributed by atoms with Gasteiger partial charge in [-0.2, -0.15) is 4.31 Å². The number of sulfonamides is 1. The molecule has 2 aromatic rings. The van der Waals surface area contributed by atoms with Crippen LogP contribution in [0.2, 0.25) is 0 Å². The molecule has 0 radical (unpaired) electrons. The fourth-order valence-electron chi connectivity index (χ4n) is 3.05. The van der Waals surface area contributed by atoms with Crippen LogP contribution in [-0.4, -0.2) is 48.7 Å². The van der Waals surface area contributed by atoms with E-state index in [0.29, 0.717) is 0 Å². The number of Topliss-reactive ketones (excluding diaryl/α,β-unsaturated/α-hetero) is 1. The van der Waals surface area contributed by atoms with Crippen LogP contribution in [0.1, 0.15) is 44.7 Å². The van der Waals surface area contributed by atoms with Crippen LogP contribution in [-0.2, 0) is 14.8 Å². The topological polar surface area (TPSA) is 83.9 Å². The van der Waals surface area contributed by atoms with Gasteiger partial charge >= 0.3 is 6.36 Å². The van der Waals surface area contributed by atoms with E-state index in [2.05, 4.69) is 4.74 Å². The van der Waals surface area contributed by atoms with Gasteiger partial charge in [-0.3, -0.25) is 4.79 Å². The molecule has 1 N–H and O–H groups in total. The summed E-state index contributed by atoms with van der Waals surface area (Å²) in [6.07, 6.45) is -4.31. The summed E-state index contributed by atoms with van der Waals surface area (Å²) >= 11 is 0. The molecule has 10 heteroatoms. The number of hydrogen-bond acceptors (Lipinski definition) is 5. The van der Waals surface area contributed by atoms with E-state index in [-0.39, 0.29) is 42.4 Å². The molecule has 1 heterocycles. The van der Waals surface area contributed by atoms with Crippen LogP contribution in [0.15, 0.2) is 53.4 Å². The molecule has 1 fully saturated rings. The van der Waals surface area contributed by atoms with E-state index < -0.39 is 22.0 Å². The molecule has 1 saturated heterocycles. The van der Waals surface area contributed by atoms with E-state index in [9.17, 15) is 31.5 Å². The van der Waals surface area contributed by atoms with Crippen LogP contribution in [0.25, 0.3) is 0 Å². The van der Waals surface area contributed by atoms with Gasteiger partial charge in [0.1, 0.15) is 11.4 Å². The molecular formula is C24H32F3NO5S. The van der Waals surface area contributed by atoms with Crippen molar-refractivity contribution in [2.24, 2.45) is 0 Å². The number of aryl methyl sites for hydroxylation is 2. The summed E-state index contributed by atoms with van der Waals surface area (Å²) in [4.78, 5) is 11.6. The fraction of sp³-hybridized carbons (Fsp3) is 0.458. The number of piperidine rings is 1. The molecule has 2 aromatic carbocycles. The second-order valence-corrected chi connectivity index (χ2v) is 9.60. The highest BCUT2D eigenvalue weighted by atomic mass is 32.2. The van der Waals surface area contributed by atoms with Crippen molar-refractivity contribution in [1.82, 2.24) is 4.31 Å². The SMILES string of the molecule is CC.CC(=O)C1(O)CCN(S(=O)(=O)c2ccc(C)cc2)CC1.Cc1ccc(OC(F)(F)F)cc1. The first-order valence-electron chi connectivity index (χ1n) is 10.9. The lowest BCUT2D eigenvalue weighted by Crippen LogP contribution is -2.50. The van der Waals surface area contributed by atoms with Crippen molar-refractivity contribution in [2.75, 3.05) is 13.1 Å². The highest BCUT2D eigenvalue weighted by Crippen LogP contribution is 2.27. The summed E-state index contributed by atoms with van der Waals surface area (Å²) in [6, 6.07) is 12.3. The lowest BCUT2D eigenvalue weighted by Gasteiger charge is -2.35. The monoisotopic (exact) mass is 503 g/mol. The van der Waals surface area contributed by atoms with Crippen molar-refractivity contribution in [2.45, 2.75) is 64.3 Å². The van der Waals surface area contributed by atoms with Crippen molar-refractivity contribution in [3.05, 3.63) is 59.7 Å². The molecule has 0 saturated carbocycles. The van der Waals surface area contributed by atoms with Crippen LogP contribution in [0.5, 0.6) is 5.75 Å². The van der Waals surface area contributed by atoms with Gasteiger partial charge in [0, 0.05) is 13.1 Å². The molecule has 1 aliphatic heterocycles. The molecule has 6 nitrogen and oxygen atoms in total. The molecule has 1 aliphatic rings. The Morgan fingerprint density at radius 3 is 1.74 bits per heavy atom. The van der Waals surface area contributed by atoms with E-state index in [0.717, 1.165) is 11.1 Å². The van der Waals surface area contributed by atoms with Gasteiger partial charge in [-0.15, -0.1) is 13.2 Å². The molecule has 34 heavy (non-hydrogen) atoms. The maximum absolute atomic E-state index is 12.4. The Labute approximate surface area is 199 Å². The first-order valence-corrected chi connectivity index (χ1v) is 12.3. The fourth-order valence-corrected chi connectivity index (χ4v) is 4.49. The molecule has 0 amide bonds. The van der Waals surface area contributed by atoms with Crippen molar-refractivity contribution in [1.29, 1.82) is 0 Å².